The third kappa shape index (κ3) is 2.17. The smallest absolute Gasteiger partial charge is 0.185 e. The summed E-state index contributed by atoms with van der Waals surface area (Å²) in [6.07, 6.45) is 1.39. The highest BCUT2D eigenvalue weighted by Crippen LogP contribution is 2.22. The van der Waals surface area contributed by atoms with Gasteiger partial charge in [-0.05, 0) is 30.2 Å². The molecular formula is C13H11ClO2. The summed E-state index contributed by atoms with van der Waals surface area (Å²) in [6.45, 7) is 1.85. The summed E-state index contributed by atoms with van der Waals surface area (Å²) < 4.78 is 5.26. The number of halogens is 1. The summed E-state index contributed by atoms with van der Waals surface area (Å²) in [5, 5.41) is 0.732. The largest absolute Gasteiger partial charge is 0.458 e. The molecule has 1 heterocycles. The van der Waals surface area contributed by atoms with Crippen LogP contribution >= 0.6 is 11.6 Å². The lowest BCUT2D eigenvalue weighted by Crippen LogP contribution is -1.88. The Balaban J connectivity index is 2.30. The highest BCUT2D eigenvalue weighted by atomic mass is 35.5. The molecule has 0 saturated carbocycles. The number of benzene rings is 1. The number of aryl methyl sites for hydroxylation is 1. The van der Waals surface area contributed by atoms with Gasteiger partial charge in [-0.1, -0.05) is 29.8 Å². The fraction of sp³-hybridized carbons (Fsp3) is 0.154. The molecule has 2 nitrogen and oxygen atoms in total. The van der Waals surface area contributed by atoms with E-state index < -0.39 is 0 Å². The van der Waals surface area contributed by atoms with E-state index in [4.69, 9.17) is 16.0 Å². The monoisotopic (exact) mass is 234 g/mol. The lowest BCUT2D eigenvalue weighted by molar-refractivity contribution is 0.109. The first-order valence-corrected chi connectivity index (χ1v) is 5.36. The fourth-order valence-corrected chi connectivity index (χ4v) is 1.83. The number of carbonyl (C=O) groups is 1. The third-order valence-electron chi connectivity index (χ3n) is 2.49. The van der Waals surface area contributed by atoms with Gasteiger partial charge in [-0.3, -0.25) is 4.79 Å². The Hall–Kier alpha value is -1.54. The van der Waals surface area contributed by atoms with E-state index in [1.165, 1.54) is 0 Å². The molecule has 3 heteroatoms. The Morgan fingerprint density at radius 2 is 2.06 bits per heavy atom. The molecule has 1 aromatic heterocycles. The van der Waals surface area contributed by atoms with E-state index in [0.29, 0.717) is 18.5 Å². The molecule has 0 unspecified atom stereocenters. The van der Waals surface area contributed by atoms with Crippen molar-refractivity contribution in [3.05, 3.63) is 58.0 Å². The molecule has 2 aromatic rings. The van der Waals surface area contributed by atoms with Crippen molar-refractivity contribution in [1.29, 1.82) is 0 Å². The van der Waals surface area contributed by atoms with Gasteiger partial charge in [0.05, 0.1) is 0 Å². The molecule has 16 heavy (non-hydrogen) atoms. The molecule has 0 bridgehead atoms. The number of rotatable bonds is 3. The summed E-state index contributed by atoms with van der Waals surface area (Å²) in [6, 6.07) is 9.41. The third-order valence-corrected chi connectivity index (χ3v) is 2.86. The SMILES string of the molecule is Cc1oc(C=O)cc1Cc1ccccc1Cl. The highest BCUT2D eigenvalue weighted by Gasteiger charge is 2.08. The minimum atomic E-state index is 0.361. The van der Waals surface area contributed by atoms with Crippen LogP contribution in [-0.4, -0.2) is 6.29 Å². The predicted octanol–water partition coefficient (Wildman–Crippen LogP) is 3.64. The normalized spacial score (nSPS) is 10.4. The van der Waals surface area contributed by atoms with Crippen LogP contribution in [0.25, 0.3) is 0 Å². The van der Waals surface area contributed by atoms with E-state index in [1.54, 1.807) is 6.07 Å². The molecule has 0 radical (unpaired) electrons. The zero-order valence-electron chi connectivity index (χ0n) is 8.87. The highest BCUT2D eigenvalue weighted by molar-refractivity contribution is 6.31. The zero-order chi connectivity index (χ0) is 11.5. The van der Waals surface area contributed by atoms with Crippen LogP contribution in [0.1, 0.15) is 27.4 Å². The number of carbonyl (C=O) groups excluding carboxylic acids is 1. The van der Waals surface area contributed by atoms with Crippen molar-refractivity contribution in [2.45, 2.75) is 13.3 Å². The molecule has 82 valence electrons. The van der Waals surface area contributed by atoms with Crippen LogP contribution in [0.4, 0.5) is 0 Å². The van der Waals surface area contributed by atoms with Crippen LogP contribution in [0.2, 0.25) is 5.02 Å². The number of hydrogen-bond acceptors (Lipinski definition) is 2. The van der Waals surface area contributed by atoms with E-state index in [-0.39, 0.29) is 0 Å². The predicted molar refractivity (Wildman–Crippen MR) is 63.1 cm³/mol. The van der Waals surface area contributed by atoms with Crippen molar-refractivity contribution in [1.82, 2.24) is 0 Å². The second kappa shape index (κ2) is 4.54. The molecule has 1 aromatic carbocycles. The maximum Gasteiger partial charge on any atom is 0.185 e. The van der Waals surface area contributed by atoms with Crippen molar-refractivity contribution in [3.63, 3.8) is 0 Å². The van der Waals surface area contributed by atoms with Crippen LogP contribution in [0.15, 0.2) is 34.7 Å². The quantitative estimate of drug-likeness (QED) is 0.759. The number of aldehydes is 1. The van der Waals surface area contributed by atoms with Gasteiger partial charge < -0.3 is 4.42 Å². The van der Waals surface area contributed by atoms with Crippen molar-refractivity contribution < 1.29 is 9.21 Å². The molecule has 0 saturated heterocycles. The maximum absolute atomic E-state index is 10.6. The van der Waals surface area contributed by atoms with Crippen LogP contribution < -0.4 is 0 Å². The van der Waals surface area contributed by atoms with Gasteiger partial charge in [0.2, 0.25) is 0 Å². The Bertz CT molecular complexity index is 514. The molecule has 0 spiro atoms. The molecule has 0 fully saturated rings. The first kappa shape index (κ1) is 11.0. The lowest BCUT2D eigenvalue weighted by Gasteiger charge is -2.02. The van der Waals surface area contributed by atoms with Crippen LogP contribution in [0.3, 0.4) is 0 Å². The number of hydrogen-bond donors (Lipinski definition) is 0. The minimum absolute atomic E-state index is 0.361. The average Bonchev–Trinajstić information content (AvgIpc) is 2.63. The second-order valence-corrected chi connectivity index (χ2v) is 4.02. The van der Waals surface area contributed by atoms with Crippen LogP contribution in [0, 0.1) is 6.92 Å². The van der Waals surface area contributed by atoms with Gasteiger partial charge in [0, 0.05) is 11.4 Å². The van der Waals surface area contributed by atoms with E-state index in [2.05, 4.69) is 0 Å². The van der Waals surface area contributed by atoms with E-state index in [9.17, 15) is 4.79 Å². The molecule has 0 aliphatic heterocycles. The van der Waals surface area contributed by atoms with Crippen LogP contribution in [-0.2, 0) is 6.42 Å². The van der Waals surface area contributed by atoms with Gasteiger partial charge in [0.25, 0.3) is 0 Å². The van der Waals surface area contributed by atoms with Gasteiger partial charge in [-0.15, -0.1) is 0 Å². The Kier molecular flexibility index (Phi) is 3.11. The lowest BCUT2D eigenvalue weighted by atomic mass is 10.1. The molecule has 0 aliphatic rings. The van der Waals surface area contributed by atoms with E-state index in [1.807, 2.05) is 31.2 Å². The van der Waals surface area contributed by atoms with E-state index >= 15 is 0 Å². The van der Waals surface area contributed by atoms with Gasteiger partial charge in [0.15, 0.2) is 12.0 Å². The Morgan fingerprint density at radius 1 is 1.31 bits per heavy atom. The first-order valence-electron chi connectivity index (χ1n) is 4.98. The summed E-state index contributed by atoms with van der Waals surface area (Å²) in [4.78, 5) is 10.6. The van der Waals surface area contributed by atoms with Gasteiger partial charge >= 0.3 is 0 Å². The average molecular weight is 235 g/mol. The molecule has 0 aliphatic carbocycles. The van der Waals surface area contributed by atoms with Crippen molar-refractivity contribution in [2.75, 3.05) is 0 Å². The fourth-order valence-electron chi connectivity index (χ4n) is 1.63. The van der Waals surface area contributed by atoms with Crippen molar-refractivity contribution in [2.24, 2.45) is 0 Å². The van der Waals surface area contributed by atoms with Gasteiger partial charge in [-0.25, -0.2) is 0 Å². The van der Waals surface area contributed by atoms with Gasteiger partial charge in [-0.2, -0.15) is 0 Å². The minimum Gasteiger partial charge on any atom is -0.458 e. The molecule has 2 rings (SSSR count). The molecular weight excluding hydrogens is 224 g/mol. The van der Waals surface area contributed by atoms with Crippen molar-refractivity contribution >= 4 is 17.9 Å². The Labute approximate surface area is 98.8 Å². The standard InChI is InChI=1S/C13H11ClO2/c1-9-11(7-12(8-15)16-9)6-10-4-2-3-5-13(10)14/h2-5,7-8H,6H2,1H3. The van der Waals surface area contributed by atoms with Crippen molar-refractivity contribution in [3.8, 4) is 0 Å². The second-order valence-electron chi connectivity index (χ2n) is 3.62. The first-order chi connectivity index (χ1) is 7.70. The summed E-state index contributed by atoms with van der Waals surface area (Å²) in [5.74, 6) is 1.13. The molecule has 0 N–H and O–H groups in total. The topological polar surface area (TPSA) is 30.2 Å². The summed E-state index contributed by atoms with van der Waals surface area (Å²) in [5.41, 5.74) is 2.03. The van der Waals surface area contributed by atoms with Crippen LogP contribution in [0.5, 0.6) is 0 Å². The summed E-state index contributed by atoms with van der Waals surface area (Å²) in [7, 11) is 0. The van der Waals surface area contributed by atoms with Gasteiger partial charge in [0.1, 0.15) is 5.76 Å². The molecule has 0 amide bonds. The Morgan fingerprint density at radius 3 is 2.69 bits per heavy atom. The number of furan rings is 1. The maximum atomic E-state index is 10.6. The summed E-state index contributed by atoms with van der Waals surface area (Å²) >= 11 is 6.07. The molecule has 0 atom stereocenters. The zero-order valence-corrected chi connectivity index (χ0v) is 9.62. The van der Waals surface area contributed by atoms with E-state index in [0.717, 1.165) is 21.9 Å².